The van der Waals surface area contributed by atoms with Crippen LogP contribution >= 0.6 is 0 Å². The minimum absolute atomic E-state index is 0.0524. The van der Waals surface area contributed by atoms with E-state index >= 15 is 0 Å². The number of nitrogens with one attached hydrogen (secondary N) is 4. The van der Waals surface area contributed by atoms with E-state index in [1.54, 1.807) is 4.90 Å². The lowest BCUT2D eigenvalue weighted by molar-refractivity contribution is -0.135. The van der Waals surface area contributed by atoms with Crippen LogP contribution in [0.25, 0.3) is 10.9 Å². The number of amides is 5. The average Bonchev–Trinajstić information content (AvgIpc) is 3.29. The van der Waals surface area contributed by atoms with E-state index in [0.717, 1.165) is 53.5 Å². The Morgan fingerprint density at radius 2 is 1.68 bits per heavy atom. The number of carbonyl (C=O) groups is 3. The molecule has 0 radical (unpaired) electrons. The number of benzene rings is 1. The average molecular weight is 549 g/mol. The third kappa shape index (κ3) is 5.39. The molecule has 1 aromatic carbocycles. The molecule has 7 rings (SSSR count). The Kier molecular flexibility index (Phi) is 7.17. The van der Waals surface area contributed by atoms with Gasteiger partial charge in [-0.2, -0.15) is 0 Å². The second-order valence-corrected chi connectivity index (χ2v) is 13.3. The largest absolute Gasteiger partial charge is 0.361 e. The number of rotatable bonds is 6. The molecule has 1 aromatic heterocycles. The van der Waals surface area contributed by atoms with Crippen molar-refractivity contribution in [2.45, 2.75) is 89.4 Å². The Labute approximate surface area is 236 Å². The molecule has 5 aliphatic rings. The number of hydrogen-bond donors (Lipinski definition) is 4. The Bertz CT molecular complexity index is 1240. The highest BCUT2D eigenvalue weighted by atomic mass is 16.2. The van der Waals surface area contributed by atoms with Crippen LogP contribution in [0.3, 0.4) is 0 Å². The fraction of sp³-hybridized carbons (Fsp3) is 0.645. The van der Waals surface area contributed by atoms with E-state index in [4.69, 9.17) is 0 Å². The van der Waals surface area contributed by atoms with Gasteiger partial charge in [-0.25, -0.2) is 9.59 Å². The summed E-state index contributed by atoms with van der Waals surface area (Å²) >= 11 is 0. The smallest absolute Gasteiger partial charge is 0.317 e. The summed E-state index contributed by atoms with van der Waals surface area (Å²) in [7, 11) is 0. The summed E-state index contributed by atoms with van der Waals surface area (Å²) in [6.45, 7) is 7.20. The van der Waals surface area contributed by atoms with Crippen molar-refractivity contribution in [2.24, 2.45) is 17.8 Å². The van der Waals surface area contributed by atoms with Crippen LogP contribution < -0.4 is 16.0 Å². The van der Waals surface area contributed by atoms with E-state index in [-0.39, 0.29) is 35.6 Å². The van der Waals surface area contributed by atoms with Gasteiger partial charge >= 0.3 is 12.1 Å². The summed E-state index contributed by atoms with van der Waals surface area (Å²) in [6, 6.07) is 6.95. The van der Waals surface area contributed by atoms with E-state index < -0.39 is 6.04 Å². The summed E-state index contributed by atoms with van der Waals surface area (Å²) in [5, 5.41) is 10.5. The van der Waals surface area contributed by atoms with Crippen molar-refractivity contribution in [1.29, 1.82) is 0 Å². The second kappa shape index (κ2) is 10.6. The lowest BCUT2D eigenvalue weighted by atomic mass is 9.53. The zero-order chi connectivity index (χ0) is 28.0. The van der Waals surface area contributed by atoms with E-state index in [1.807, 2.05) is 56.1 Å². The normalized spacial score (nSPS) is 30.0. The maximum Gasteiger partial charge on any atom is 0.317 e. The molecule has 4 bridgehead atoms. The van der Waals surface area contributed by atoms with Gasteiger partial charge in [0.25, 0.3) is 0 Å². The SMILES string of the molecule is CC(C)NC(=O)N1CCN(C(=O)[C@H](Cc2c[nH]c3ccccc23)NC(=O)NC23CC4CC(CC(C4)C2)C3)C[C@@H]1C. The highest BCUT2D eigenvalue weighted by Gasteiger charge is 2.51. The van der Waals surface area contributed by atoms with Gasteiger partial charge in [-0.15, -0.1) is 0 Å². The Hall–Kier alpha value is -3.23. The molecule has 2 aromatic rings. The number of H-pyrrole nitrogens is 1. The molecule has 216 valence electrons. The molecule has 2 heterocycles. The van der Waals surface area contributed by atoms with Crippen molar-refractivity contribution < 1.29 is 14.4 Å². The van der Waals surface area contributed by atoms with E-state index in [0.29, 0.717) is 26.1 Å². The predicted molar refractivity (Wildman–Crippen MR) is 155 cm³/mol. The zero-order valence-corrected chi connectivity index (χ0v) is 24.0. The monoisotopic (exact) mass is 548 g/mol. The number of aromatic nitrogens is 1. The summed E-state index contributed by atoms with van der Waals surface area (Å²) in [4.78, 5) is 47.1. The number of nitrogens with zero attached hydrogens (tertiary/aromatic N) is 2. The third-order valence-electron chi connectivity index (χ3n) is 9.73. The molecular formula is C31H44N6O3. The lowest BCUT2D eigenvalue weighted by Crippen LogP contribution is -2.64. The van der Waals surface area contributed by atoms with Crippen LogP contribution in [0.15, 0.2) is 30.5 Å². The van der Waals surface area contributed by atoms with Gasteiger partial charge in [0.15, 0.2) is 0 Å². The quantitative estimate of drug-likeness (QED) is 0.438. The minimum Gasteiger partial charge on any atom is -0.361 e. The second-order valence-electron chi connectivity index (χ2n) is 13.3. The molecule has 40 heavy (non-hydrogen) atoms. The van der Waals surface area contributed by atoms with E-state index in [1.165, 1.54) is 19.3 Å². The van der Waals surface area contributed by atoms with Crippen LogP contribution in [-0.4, -0.2) is 76.1 Å². The van der Waals surface area contributed by atoms with Crippen LogP contribution in [-0.2, 0) is 11.2 Å². The molecule has 1 saturated heterocycles. The number of carbonyl (C=O) groups excluding carboxylic acids is 3. The van der Waals surface area contributed by atoms with Crippen molar-refractivity contribution in [2.75, 3.05) is 19.6 Å². The molecule has 5 fully saturated rings. The first-order valence-corrected chi connectivity index (χ1v) is 15.2. The van der Waals surface area contributed by atoms with Crippen molar-refractivity contribution in [3.63, 3.8) is 0 Å². The van der Waals surface area contributed by atoms with Gasteiger partial charge in [-0.3, -0.25) is 4.79 Å². The van der Waals surface area contributed by atoms with Crippen molar-refractivity contribution >= 4 is 28.9 Å². The maximum absolute atomic E-state index is 14.0. The van der Waals surface area contributed by atoms with Gasteiger partial charge in [0, 0.05) is 60.8 Å². The minimum atomic E-state index is -0.698. The first kappa shape index (κ1) is 27.0. The number of aromatic amines is 1. The number of hydrogen-bond acceptors (Lipinski definition) is 3. The summed E-state index contributed by atoms with van der Waals surface area (Å²) < 4.78 is 0. The molecule has 9 nitrogen and oxygen atoms in total. The maximum atomic E-state index is 14.0. The summed E-state index contributed by atoms with van der Waals surface area (Å²) in [6.07, 6.45) is 9.46. The summed E-state index contributed by atoms with van der Waals surface area (Å²) in [5.74, 6) is 2.07. The van der Waals surface area contributed by atoms with Gasteiger partial charge < -0.3 is 30.7 Å². The molecular weight excluding hydrogens is 504 g/mol. The van der Waals surface area contributed by atoms with Gasteiger partial charge in [0.2, 0.25) is 5.91 Å². The molecule has 4 aliphatic carbocycles. The molecule has 0 spiro atoms. The van der Waals surface area contributed by atoms with Gasteiger partial charge in [0.1, 0.15) is 6.04 Å². The Morgan fingerprint density at radius 3 is 2.33 bits per heavy atom. The molecule has 9 heteroatoms. The summed E-state index contributed by atoms with van der Waals surface area (Å²) in [5.41, 5.74) is 1.89. The van der Waals surface area contributed by atoms with E-state index in [2.05, 4.69) is 20.9 Å². The number of piperazine rings is 1. The topological polar surface area (TPSA) is 110 Å². The first-order chi connectivity index (χ1) is 19.2. The highest BCUT2D eigenvalue weighted by molar-refractivity contribution is 5.89. The molecule has 2 atom stereocenters. The van der Waals surface area contributed by atoms with Crippen molar-refractivity contribution in [1.82, 2.24) is 30.7 Å². The van der Waals surface area contributed by atoms with E-state index in [9.17, 15) is 14.4 Å². The molecule has 4 N–H and O–H groups in total. The molecule has 5 amide bonds. The van der Waals surface area contributed by atoms with Crippen LogP contribution in [0.2, 0.25) is 0 Å². The Morgan fingerprint density at radius 1 is 1.00 bits per heavy atom. The highest BCUT2D eigenvalue weighted by Crippen LogP contribution is 2.55. The Balaban J connectivity index is 1.18. The fourth-order valence-electron chi connectivity index (χ4n) is 8.43. The van der Waals surface area contributed by atoms with Gasteiger partial charge in [0.05, 0.1) is 0 Å². The van der Waals surface area contributed by atoms with Crippen molar-refractivity contribution in [3.05, 3.63) is 36.0 Å². The standard InChI is InChI=1S/C31H44N6O3/c1-19(2)33-30(40)37-9-8-36(18-20(37)3)28(38)27(13-24-17-32-26-7-5-4-6-25(24)26)34-29(39)35-31-14-21-10-22(15-31)12-23(11-21)16-31/h4-7,17,19-23,27,32H,8-16,18H2,1-3H3,(H,33,40)(H2,34,35,39)/t20-,21?,22?,23?,27-,31?/m0/s1. The lowest BCUT2D eigenvalue weighted by Gasteiger charge is -2.56. The molecule has 4 saturated carbocycles. The van der Waals surface area contributed by atoms with Crippen LogP contribution in [0.5, 0.6) is 0 Å². The number of urea groups is 2. The number of para-hydroxylation sites is 1. The predicted octanol–water partition coefficient (Wildman–Crippen LogP) is 4.00. The van der Waals surface area contributed by atoms with Crippen molar-refractivity contribution in [3.8, 4) is 0 Å². The van der Waals surface area contributed by atoms with Gasteiger partial charge in [-0.05, 0) is 88.7 Å². The van der Waals surface area contributed by atoms with Crippen LogP contribution in [0.1, 0.15) is 64.9 Å². The number of fused-ring (bicyclic) bond motifs is 1. The third-order valence-corrected chi connectivity index (χ3v) is 9.73. The van der Waals surface area contributed by atoms with Crippen LogP contribution in [0, 0.1) is 17.8 Å². The first-order valence-electron chi connectivity index (χ1n) is 15.2. The van der Waals surface area contributed by atoms with Crippen LogP contribution in [0.4, 0.5) is 9.59 Å². The zero-order valence-electron chi connectivity index (χ0n) is 24.0. The molecule has 1 aliphatic heterocycles. The molecule has 0 unspecified atom stereocenters. The fourth-order valence-corrected chi connectivity index (χ4v) is 8.43. The van der Waals surface area contributed by atoms with Gasteiger partial charge in [-0.1, -0.05) is 18.2 Å².